The molecule has 0 radical (unpaired) electrons. The molecule has 140 valence electrons. The van der Waals surface area contributed by atoms with E-state index in [0.717, 1.165) is 41.9 Å². The van der Waals surface area contributed by atoms with Crippen LogP contribution in [-0.4, -0.2) is 52.1 Å². The molecule has 4 rings (SSSR count). The Labute approximate surface area is 158 Å². The van der Waals surface area contributed by atoms with Crippen molar-refractivity contribution >= 4 is 16.8 Å². The summed E-state index contributed by atoms with van der Waals surface area (Å²) in [5, 5.41) is 4.09. The number of benzene rings is 1. The van der Waals surface area contributed by atoms with Crippen molar-refractivity contribution in [2.75, 3.05) is 26.8 Å². The van der Waals surface area contributed by atoms with E-state index in [1.165, 1.54) is 7.11 Å². The molecule has 0 spiro atoms. The molecule has 0 saturated carbocycles. The average molecular weight is 365 g/mol. The van der Waals surface area contributed by atoms with Gasteiger partial charge in [0.2, 0.25) is 5.91 Å². The summed E-state index contributed by atoms with van der Waals surface area (Å²) in [6.45, 7) is 3.03. The number of fused-ring (bicyclic) bond motifs is 2. The summed E-state index contributed by atoms with van der Waals surface area (Å²) in [7, 11) is 1.52. The molecule has 0 bridgehead atoms. The van der Waals surface area contributed by atoms with E-state index in [-0.39, 0.29) is 18.6 Å². The Morgan fingerprint density at radius 2 is 2.19 bits per heavy atom. The van der Waals surface area contributed by atoms with Gasteiger partial charge in [-0.1, -0.05) is 24.3 Å². The first kappa shape index (κ1) is 17.6. The first-order valence-electron chi connectivity index (χ1n) is 9.06. The molecule has 0 saturated heterocycles. The molecule has 1 atom stereocenters. The number of hydrogen-bond donors (Lipinski definition) is 1. The van der Waals surface area contributed by atoms with Crippen LogP contribution in [-0.2, 0) is 22.6 Å². The number of rotatable bonds is 6. The maximum Gasteiger partial charge on any atom is 0.246 e. The Morgan fingerprint density at radius 1 is 1.30 bits per heavy atom. The van der Waals surface area contributed by atoms with E-state index in [2.05, 4.69) is 38.0 Å². The summed E-state index contributed by atoms with van der Waals surface area (Å²) >= 11 is 0. The van der Waals surface area contributed by atoms with Crippen LogP contribution in [0.3, 0.4) is 0 Å². The quantitative estimate of drug-likeness (QED) is 0.721. The summed E-state index contributed by atoms with van der Waals surface area (Å²) in [6.07, 6.45) is 3.73. The van der Waals surface area contributed by atoms with Crippen LogP contribution < -0.4 is 5.32 Å². The lowest BCUT2D eigenvalue weighted by Crippen LogP contribution is -2.42. The van der Waals surface area contributed by atoms with Gasteiger partial charge < -0.3 is 14.6 Å². The minimum absolute atomic E-state index is 0.0776. The van der Waals surface area contributed by atoms with Crippen LogP contribution in [0.25, 0.3) is 10.9 Å². The number of hydrogen-bond acceptors (Lipinski definition) is 5. The van der Waals surface area contributed by atoms with Crippen LogP contribution in [0.5, 0.6) is 0 Å². The highest BCUT2D eigenvalue weighted by Crippen LogP contribution is 2.22. The Morgan fingerprint density at radius 3 is 3.07 bits per heavy atom. The fourth-order valence-electron chi connectivity index (χ4n) is 3.59. The van der Waals surface area contributed by atoms with Crippen molar-refractivity contribution in [3.63, 3.8) is 0 Å². The van der Waals surface area contributed by atoms with Gasteiger partial charge in [0.05, 0.1) is 29.3 Å². The standard InChI is InChI=1S/C20H23N5O2/c1-27-13-20(26)22-9-18-12-24(11-17-8-21-14-25(17)18)10-16-7-6-15-4-2-3-5-19(15)23-16/h2-8,14,18H,9-13H2,1H3,(H,22,26). The van der Waals surface area contributed by atoms with Crippen molar-refractivity contribution in [2.45, 2.75) is 19.1 Å². The molecule has 3 aromatic rings. The second kappa shape index (κ2) is 7.85. The lowest BCUT2D eigenvalue weighted by atomic mass is 10.1. The summed E-state index contributed by atoms with van der Waals surface area (Å²) in [5.41, 5.74) is 3.21. The van der Waals surface area contributed by atoms with Crippen LogP contribution >= 0.6 is 0 Å². The van der Waals surface area contributed by atoms with Crippen LogP contribution in [0.1, 0.15) is 17.4 Å². The van der Waals surface area contributed by atoms with E-state index >= 15 is 0 Å². The number of carbonyl (C=O) groups is 1. The second-order valence-electron chi connectivity index (χ2n) is 6.85. The number of nitrogens with zero attached hydrogens (tertiary/aromatic N) is 4. The van der Waals surface area contributed by atoms with Gasteiger partial charge in [-0.05, 0) is 12.1 Å². The fraction of sp³-hybridized carbons (Fsp3) is 0.350. The number of methoxy groups -OCH3 is 1. The van der Waals surface area contributed by atoms with Crippen molar-refractivity contribution in [1.82, 2.24) is 24.8 Å². The zero-order valence-corrected chi connectivity index (χ0v) is 15.3. The number of para-hydroxylation sites is 1. The second-order valence-corrected chi connectivity index (χ2v) is 6.85. The molecular formula is C20H23N5O2. The number of aromatic nitrogens is 3. The Bertz CT molecular complexity index is 939. The Hall–Kier alpha value is -2.77. The number of ether oxygens (including phenoxy) is 1. The number of imidazole rings is 1. The van der Waals surface area contributed by atoms with Gasteiger partial charge >= 0.3 is 0 Å². The normalized spacial score (nSPS) is 17.0. The molecule has 1 aliphatic rings. The van der Waals surface area contributed by atoms with Gasteiger partial charge in [0, 0.05) is 44.9 Å². The zero-order chi connectivity index (χ0) is 18.6. The lowest BCUT2D eigenvalue weighted by molar-refractivity contribution is -0.124. The number of amides is 1. The smallest absolute Gasteiger partial charge is 0.246 e. The van der Waals surface area contributed by atoms with Gasteiger partial charge in [0.25, 0.3) is 0 Å². The van der Waals surface area contributed by atoms with Crippen LogP contribution in [0, 0.1) is 0 Å². The third-order valence-electron chi connectivity index (χ3n) is 4.85. The third-order valence-corrected chi connectivity index (χ3v) is 4.85. The maximum absolute atomic E-state index is 11.7. The average Bonchev–Trinajstić information content (AvgIpc) is 3.15. The summed E-state index contributed by atoms with van der Waals surface area (Å²) in [6, 6.07) is 12.5. The van der Waals surface area contributed by atoms with Crippen molar-refractivity contribution < 1.29 is 9.53 Å². The molecule has 0 fully saturated rings. The van der Waals surface area contributed by atoms with Gasteiger partial charge in [0.15, 0.2) is 0 Å². The Balaban J connectivity index is 1.47. The van der Waals surface area contributed by atoms with E-state index in [9.17, 15) is 4.79 Å². The largest absolute Gasteiger partial charge is 0.375 e. The van der Waals surface area contributed by atoms with Crippen LogP contribution in [0.4, 0.5) is 0 Å². The van der Waals surface area contributed by atoms with Crippen molar-refractivity contribution in [2.24, 2.45) is 0 Å². The lowest BCUT2D eigenvalue weighted by Gasteiger charge is -2.34. The van der Waals surface area contributed by atoms with Gasteiger partial charge in [-0.25, -0.2) is 4.98 Å². The molecule has 1 N–H and O–H groups in total. The predicted octanol–water partition coefficient (Wildman–Crippen LogP) is 1.75. The molecule has 1 aliphatic heterocycles. The molecule has 7 nitrogen and oxygen atoms in total. The molecule has 0 aliphatic carbocycles. The summed E-state index contributed by atoms with van der Waals surface area (Å²) in [4.78, 5) is 23.2. The highest BCUT2D eigenvalue weighted by molar-refractivity contribution is 5.78. The Kier molecular flexibility index (Phi) is 5.13. The maximum atomic E-state index is 11.7. The van der Waals surface area contributed by atoms with Gasteiger partial charge in [0.1, 0.15) is 6.61 Å². The number of pyridine rings is 1. The zero-order valence-electron chi connectivity index (χ0n) is 15.3. The minimum Gasteiger partial charge on any atom is -0.375 e. The van der Waals surface area contributed by atoms with Gasteiger partial charge in [-0.15, -0.1) is 0 Å². The highest BCUT2D eigenvalue weighted by atomic mass is 16.5. The molecule has 7 heteroatoms. The molecule has 2 aromatic heterocycles. The topological polar surface area (TPSA) is 72.3 Å². The third kappa shape index (κ3) is 3.99. The molecule has 1 aromatic carbocycles. The highest BCUT2D eigenvalue weighted by Gasteiger charge is 2.25. The van der Waals surface area contributed by atoms with E-state index in [0.29, 0.717) is 6.54 Å². The molecule has 3 heterocycles. The molecular weight excluding hydrogens is 342 g/mol. The van der Waals surface area contributed by atoms with Crippen LogP contribution in [0.2, 0.25) is 0 Å². The van der Waals surface area contributed by atoms with Gasteiger partial charge in [-0.2, -0.15) is 0 Å². The number of nitrogens with one attached hydrogen (secondary N) is 1. The first-order chi connectivity index (χ1) is 13.2. The van der Waals surface area contributed by atoms with Crippen molar-refractivity contribution in [3.05, 3.63) is 60.3 Å². The van der Waals surface area contributed by atoms with E-state index in [1.807, 2.05) is 30.7 Å². The minimum atomic E-state index is -0.104. The molecule has 1 amide bonds. The monoisotopic (exact) mass is 365 g/mol. The SMILES string of the molecule is COCC(=O)NCC1CN(Cc2ccc3ccccc3n2)Cc2cncn21. The van der Waals surface area contributed by atoms with E-state index in [4.69, 9.17) is 9.72 Å². The van der Waals surface area contributed by atoms with E-state index < -0.39 is 0 Å². The fourth-order valence-corrected chi connectivity index (χ4v) is 3.59. The van der Waals surface area contributed by atoms with Crippen molar-refractivity contribution in [3.8, 4) is 0 Å². The first-order valence-corrected chi connectivity index (χ1v) is 9.06. The summed E-state index contributed by atoms with van der Waals surface area (Å²) < 4.78 is 7.03. The molecule has 1 unspecified atom stereocenters. The molecule has 27 heavy (non-hydrogen) atoms. The van der Waals surface area contributed by atoms with Crippen molar-refractivity contribution in [1.29, 1.82) is 0 Å². The predicted molar refractivity (Wildman–Crippen MR) is 102 cm³/mol. The number of carbonyl (C=O) groups excluding carboxylic acids is 1. The summed E-state index contributed by atoms with van der Waals surface area (Å²) in [5.74, 6) is -0.104. The van der Waals surface area contributed by atoms with E-state index in [1.54, 1.807) is 0 Å². The van der Waals surface area contributed by atoms with Gasteiger partial charge in [-0.3, -0.25) is 14.7 Å². The van der Waals surface area contributed by atoms with Crippen LogP contribution in [0.15, 0.2) is 48.9 Å².